The number of rotatable bonds is 5. The van der Waals surface area contributed by atoms with Crippen molar-refractivity contribution in [2.45, 2.75) is 32.2 Å². The van der Waals surface area contributed by atoms with Crippen LogP contribution in [0.15, 0.2) is 18.2 Å². The van der Waals surface area contributed by atoms with Gasteiger partial charge >= 0.3 is 0 Å². The highest BCUT2D eigenvalue weighted by atomic mass is 16.3. The molecule has 1 aromatic heterocycles. The van der Waals surface area contributed by atoms with E-state index in [1.54, 1.807) is 18.2 Å². The summed E-state index contributed by atoms with van der Waals surface area (Å²) in [6.07, 6.45) is 1.36. The maximum Gasteiger partial charge on any atom is 0.251 e. The molecule has 19 heavy (non-hydrogen) atoms. The molecule has 1 aromatic carbocycles. The summed E-state index contributed by atoms with van der Waals surface area (Å²) >= 11 is 0. The van der Waals surface area contributed by atoms with Crippen LogP contribution >= 0.6 is 0 Å². The second-order valence-corrected chi connectivity index (χ2v) is 4.63. The molecule has 2 aromatic rings. The van der Waals surface area contributed by atoms with Crippen LogP contribution in [0.3, 0.4) is 0 Å². The van der Waals surface area contributed by atoms with E-state index >= 15 is 0 Å². The maximum atomic E-state index is 12.2. The Morgan fingerprint density at radius 2 is 2.00 bits per heavy atom. The van der Waals surface area contributed by atoms with Gasteiger partial charge in [-0.1, -0.05) is 13.8 Å². The van der Waals surface area contributed by atoms with Crippen molar-refractivity contribution in [2.75, 3.05) is 6.61 Å². The first-order valence-electron chi connectivity index (χ1n) is 6.38. The minimum absolute atomic E-state index is 0.0715. The predicted molar refractivity (Wildman–Crippen MR) is 71.8 cm³/mol. The standard InChI is InChI=1S/C13H18N4O2/c1-3-13(4-2,8-18)14-12(19)9-5-6-10-11(7-9)16-17-15-10/h5-7,18H,3-4,8H2,1-2H3,(H,14,19)(H,15,16,17). The monoisotopic (exact) mass is 262 g/mol. The Bertz CT molecular complexity index is 567. The summed E-state index contributed by atoms with van der Waals surface area (Å²) in [5.74, 6) is -0.206. The Hall–Kier alpha value is -1.95. The molecule has 0 spiro atoms. The van der Waals surface area contributed by atoms with E-state index in [1.807, 2.05) is 13.8 Å². The van der Waals surface area contributed by atoms with Gasteiger partial charge in [0.05, 0.1) is 12.1 Å². The average molecular weight is 262 g/mol. The van der Waals surface area contributed by atoms with Crippen molar-refractivity contribution < 1.29 is 9.90 Å². The highest BCUT2D eigenvalue weighted by molar-refractivity contribution is 5.97. The zero-order chi connectivity index (χ0) is 13.9. The lowest BCUT2D eigenvalue weighted by atomic mass is 9.93. The first-order valence-corrected chi connectivity index (χ1v) is 6.38. The fourth-order valence-electron chi connectivity index (χ4n) is 1.98. The molecular weight excluding hydrogens is 244 g/mol. The second kappa shape index (κ2) is 5.36. The van der Waals surface area contributed by atoms with E-state index in [2.05, 4.69) is 20.7 Å². The van der Waals surface area contributed by atoms with Gasteiger partial charge in [-0.05, 0) is 31.0 Å². The van der Waals surface area contributed by atoms with Crippen molar-refractivity contribution in [3.8, 4) is 0 Å². The molecule has 0 unspecified atom stereocenters. The van der Waals surface area contributed by atoms with Gasteiger partial charge in [-0.2, -0.15) is 15.4 Å². The smallest absolute Gasteiger partial charge is 0.251 e. The summed E-state index contributed by atoms with van der Waals surface area (Å²) in [5.41, 5.74) is 1.32. The van der Waals surface area contributed by atoms with Crippen LogP contribution in [0.1, 0.15) is 37.0 Å². The number of carbonyl (C=O) groups excluding carboxylic acids is 1. The Morgan fingerprint density at radius 1 is 1.32 bits per heavy atom. The molecule has 6 nitrogen and oxygen atoms in total. The van der Waals surface area contributed by atoms with Crippen LogP contribution in [0.25, 0.3) is 11.0 Å². The van der Waals surface area contributed by atoms with Crippen LogP contribution in [0.4, 0.5) is 0 Å². The number of benzene rings is 1. The van der Waals surface area contributed by atoms with Crippen molar-refractivity contribution in [3.05, 3.63) is 23.8 Å². The van der Waals surface area contributed by atoms with Crippen molar-refractivity contribution >= 4 is 16.9 Å². The quantitative estimate of drug-likeness (QED) is 0.756. The molecule has 1 heterocycles. The molecule has 0 fully saturated rings. The Balaban J connectivity index is 2.23. The maximum absolute atomic E-state index is 12.2. The molecule has 0 radical (unpaired) electrons. The summed E-state index contributed by atoms with van der Waals surface area (Å²) in [4.78, 5) is 12.2. The van der Waals surface area contributed by atoms with Gasteiger partial charge in [-0.25, -0.2) is 0 Å². The summed E-state index contributed by atoms with van der Waals surface area (Å²) < 4.78 is 0. The number of aromatic nitrogens is 3. The van der Waals surface area contributed by atoms with E-state index in [9.17, 15) is 9.90 Å². The molecule has 2 rings (SSSR count). The van der Waals surface area contributed by atoms with Gasteiger partial charge < -0.3 is 10.4 Å². The van der Waals surface area contributed by atoms with Crippen LogP contribution < -0.4 is 5.32 Å². The largest absolute Gasteiger partial charge is 0.394 e. The first kappa shape index (κ1) is 13.5. The Labute approximate surface area is 111 Å². The highest BCUT2D eigenvalue weighted by Crippen LogP contribution is 2.16. The zero-order valence-corrected chi connectivity index (χ0v) is 11.1. The molecule has 0 aliphatic heterocycles. The van der Waals surface area contributed by atoms with Gasteiger partial charge in [0.2, 0.25) is 0 Å². The number of nitrogens with one attached hydrogen (secondary N) is 2. The average Bonchev–Trinajstić information content (AvgIpc) is 2.92. The lowest BCUT2D eigenvalue weighted by Gasteiger charge is -2.30. The molecule has 3 N–H and O–H groups in total. The fraction of sp³-hybridized carbons (Fsp3) is 0.462. The van der Waals surface area contributed by atoms with Crippen LogP contribution in [0, 0.1) is 0 Å². The number of fused-ring (bicyclic) bond motifs is 1. The summed E-state index contributed by atoms with van der Waals surface area (Å²) in [6.45, 7) is 3.82. The predicted octanol–water partition coefficient (Wildman–Crippen LogP) is 1.24. The topological polar surface area (TPSA) is 90.9 Å². The number of H-pyrrole nitrogens is 1. The molecule has 0 bridgehead atoms. The minimum Gasteiger partial charge on any atom is -0.394 e. The van der Waals surface area contributed by atoms with E-state index in [-0.39, 0.29) is 12.5 Å². The summed E-state index contributed by atoms with van der Waals surface area (Å²) in [6, 6.07) is 5.13. The van der Waals surface area contributed by atoms with Gasteiger partial charge in [0.1, 0.15) is 11.0 Å². The van der Waals surface area contributed by atoms with Gasteiger partial charge in [0.15, 0.2) is 0 Å². The number of carbonyl (C=O) groups is 1. The number of amides is 1. The van der Waals surface area contributed by atoms with Crippen molar-refractivity contribution in [2.24, 2.45) is 0 Å². The third-order valence-corrected chi connectivity index (χ3v) is 3.61. The highest BCUT2D eigenvalue weighted by Gasteiger charge is 2.27. The molecule has 0 saturated carbocycles. The molecule has 0 aliphatic rings. The first-order chi connectivity index (χ1) is 9.14. The number of aliphatic hydroxyl groups is 1. The number of aromatic amines is 1. The van der Waals surface area contributed by atoms with Crippen molar-refractivity contribution in [3.63, 3.8) is 0 Å². The second-order valence-electron chi connectivity index (χ2n) is 4.63. The molecule has 0 saturated heterocycles. The number of aliphatic hydroxyl groups excluding tert-OH is 1. The lowest BCUT2D eigenvalue weighted by Crippen LogP contribution is -2.50. The van der Waals surface area contributed by atoms with E-state index in [0.717, 1.165) is 5.52 Å². The lowest BCUT2D eigenvalue weighted by molar-refractivity contribution is 0.0818. The normalized spacial score (nSPS) is 11.7. The van der Waals surface area contributed by atoms with E-state index in [4.69, 9.17) is 0 Å². The van der Waals surface area contributed by atoms with E-state index in [1.165, 1.54) is 0 Å². The molecule has 0 aliphatic carbocycles. The van der Waals surface area contributed by atoms with Gasteiger partial charge in [0, 0.05) is 5.56 Å². The van der Waals surface area contributed by atoms with E-state index < -0.39 is 5.54 Å². The zero-order valence-electron chi connectivity index (χ0n) is 11.1. The SMILES string of the molecule is CCC(CC)(CO)NC(=O)c1ccc2n[nH]nc2c1. The van der Waals surface area contributed by atoms with Crippen LogP contribution in [-0.4, -0.2) is 38.6 Å². The number of hydrogen-bond donors (Lipinski definition) is 3. The molecule has 1 amide bonds. The van der Waals surface area contributed by atoms with Crippen LogP contribution in [-0.2, 0) is 0 Å². The molecular formula is C13H18N4O2. The Morgan fingerprint density at radius 3 is 2.63 bits per heavy atom. The summed E-state index contributed by atoms with van der Waals surface area (Å²) in [5, 5.41) is 22.8. The fourth-order valence-corrected chi connectivity index (χ4v) is 1.98. The molecule has 6 heteroatoms. The number of nitrogens with zero attached hydrogens (tertiary/aromatic N) is 2. The van der Waals surface area contributed by atoms with E-state index in [0.29, 0.717) is 23.9 Å². The van der Waals surface area contributed by atoms with Crippen molar-refractivity contribution in [1.29, 1.82) is 0 Å². The third kappa shape index (κ3) is 2.58. The van der Waals surface area contributed by atoms with Gasteiger partial charge in [-0.15, -0.1) is 0 Å². The molecule has 102 valence electrons. The van der Waals surface area contributed by atoms with Crippen molar-refractivity contribution in [1.82, 2.24) is 20.7 Å². The third-order valence-electron chi connectivity index (χ3n) is 3.61. The van der Waals surface area contributed by atoms with Crippen LogP contribution in [0.5, 0.6) is 0 Å². The van der Waals surface area contributed by atoms with Gasteiger partial charge in [-0.3, -0.25) is 4.79 Å². The number of hydrogen-bond acceptors (Lipinski definition) is 4. The minimum atomic E-state index is -0.560. The summed E-state index contributed by atoms with van der Waals surface area (Å²) in [7, 11) is 0. The molecule has 0 atom stereocenters. The van der Waals surface area contributed by atoms with Crippen LogP contribution in [0.2, 0.25) is 0 Å². The Kier molecular flexibility index (Phi) is 3.80. The van der Waals surface area contributed by atoms with Gasteiger partial charge in [0.25, 0.3) is 5.91 Å².